The molecule has 1 aromatic rings. The molecule has 22 heavy (non-hydrogen) atoms. The van der Waals surface area contributed by atoms with E-state index in [-0.39, 0.29) is 24.0 Å². The number of hydrogen-bond acceptors (Lipinski definition) is 3. The lowest BCUT2D eigenvalue weighted by Gasteiger charge is -2.33. The molecule has 0 saturated carbocycles. The van der Waals surface area contributed by atoms with Crippen molar-refractivity contribution in [2.75, 3.05) is 19.6 Å². The van der Waals surface area contributed by atoms with Gasteiger partial charge in [-0.15, -0.1) is 11.3 Å². The molecule has 1 N–H and O–H groups in total. The van der Waals surface area contributed by atoms with E-state index in [9.17, 15) is 9.59 Å². The van der Waals surface area contributed by atoms with E-state index in [1.807, 2.05) is 15.9 Å². The molecule has 1 unspecified atom stereocenters. The minimum absolute atomic E-state index is 0.0529. The third-order valence-corrected chi connectivity index (χ3v) is 5.63. The monoisotopic (exact) mass is 321 g/mol. The molecule has 0 aromatic carbocycles. The van der Waals surface area contributed by atoms with Gasteiger partial charge in [0, 0.05) is 37.5 Å². The average Bonchev–Trinajstić information content (AvgIpc) is 3.18. The molecule has 3 heterocycles. The van der Waals surface area contributed by atoms with Crippen LogP contribution in [0.25, 0.3) is 0 Å². The Hall–Kier alpha value is -1.56. The second kappa shape index (κ2) is 6.69. The molecule has 3 rings (SSSR count). The Labute approximate surface area is 135 Å². The molecule has 2 aliphatic rings. The van der Waals surface area contributed by atoms with Crippen LogP contribution in [0, 0.1) is 0 Å². The summed E-state index contributed by atoms with van der Waals surface area (Å²) in [7, 11) is 0. The molecular formula is C16H23N3O2S. The second-order valence-corrected chi connectivity index (χ2v) is 7.08. The third-order valence-electron chi connectivity index (χ3n) is 4.65. The minimum atomic E-state index is 0.0529. The molecule has 1 atom stereocenters. The number of nitrogens with zero attached hydrogens (tertiary/aromatic N) is 2. The lowest BCUT2D eigenvalue weighted by Crippen LogP contribution is -2.49. The number of hydrogen-bond donors (Lipinski definition) is 1. The van der Waals surface area contributed by atoms with Gasteiger partial charge in [-0.1, -0.05) is 6.07 Å². The first-order valence-corrected chi connectivity index (χ1v) is 8.89. The van der Waals surface area contributed by atoms with Gasteiger partial charge >= 0.3 is 6.03 Å². The number of rotatable bonds is 2. The zero-order valence-corrected chi connectivity index (χ0v) is 13.8. The molecule has 2 fully saturated rings. The first-order chi connectivity index (χ1) is 10.6. The molecule has 0 spiro atoms. The molecule has 2 saturated heterocycles. The van der Waals surface area contributed by atoms with E-state index in [1.165, 1.54) is 4.88 Å². The quantitative estimate of drug-likeness (QED) is 0.910. The summed E-state index contributed by atoms with van der Waals surface area (Å²) < 4.78 is 0. The van der Waals surface area contributed by atoms with Crippen molar-refractivity contribution in [2.45, 2.75) is 44.7 Å². The highest BCUT2D eigenvalue weighted by Gasteiger charge is 2.32. The van der Waals surface area contributed by atoms with Gasteiger partial charge in [-0.25, -0.2) is 4.79 Å². The Bertz CT molecular complexity index is 524. The summed E-state index contributed by atoms with van der Waals surface area (Å²) in [5.41, 5.74) is 0. The summed E-state index contributed by atoms with van der Waals surface area (Å²) in [5, 5.41) is 5.24. The number of nitrogens with one attached hydrogen (secondary N) is 1. The zero-order valence-electron chi connectivity index (χ0n) is 13.0. The molecule has 3 amide bonds. The van der Waals surface area contributed by atoms with Gasteiger partial charge in [0.25, 0.3) is 0 Å². The van der Waals surface area contributed by atoms with Crippen LogP contribution in [-0.4, -0.2) is 47.4 Å². The SMILES string of the molecule is CC(=O)N1CCC(NC(=O)N2CCCC2c2cccs2)CC1. The largest absolute Gasteiger partial charge is 0.343 e. The molecule has 2 aliphatic heterocycles. The van der Waals surface area contributed by atoms with E-state index in [0.29, 0.717) is 0 Å². The summed E-state index contributed by atoms with van der Waals surface area (Å²) in [6.07, 6.45) is 3.82. The Balaban J connectivity index is 1.55. The van der Waals surface area contributed by atoms with Crippen LogP contribution in [0.3, 0.4) is 0 Å². The van der Waals surface area contributed by atoms with Gasteiger partial charge in [0.2, 0.25) is 5.91 Å². The van der Waals surface area contributed by atoms with Crippen LogP contribution in [0.5, 0.6) is 0 Å². The average molecular weight is 321 g/mol. The van der Waals surface area contributed by atoms with Crippen LogP contribution in [0.15, 0.2) is 17.5 Å². The fourth-order valence-corrected chi connectivity index (χ4v) is 4.26. The number of thiophene rings is 1. The van der Waals surface area contributed by atoms with Gasteiger partial charge in [-0.2, -0.15) is 0 Å². The van der Waals surface area contributed by atoms with Crippen molar-refractivity contribution in [3.8, 4) is 0 Å². The molecule has 0 radical (unpaired) electrons. The maximum absolute atomic E-state index is 12.6. The van der Waals surface area contributed by atoms with Crippen LogP contribution in [0.2, 0.25) is 0 Å². The summed E-state index contributed by atoms with van der Waals surface area (Å²) >= 11 is 1.73. The number of amides is 3. The van der Waals surface area contributed by atoms with Gasteiger partial charge in [0.05, 0.1) is 6.04 Å². The Morgan fingerprint density at radius 2 is 2.00 bits per heavy atom. The first-order valence-electron chi connectivity index (χ1n) is 8.01. The standard InChI is InChI=1S/C16H23N3O2S/c1-12(20)18-9-6-13(7-10-18)17-16(21)19-8-2-4-14(19)15-5-3-11-22-15/h3,5,11,13-14H,2,4,6-10H2,1H3,(H,17,21). The van der Waals surface area contributed by atoms with Gasteiger partial charge in [-0.05, 0) is 37.1 Å². The van der Waals surface area contributed by atoms with Crippen molar-refractivity contribution in [2.24, 2.45) is 0 Å². The van der Waals surface area contributed by atoms with Gasteiger partial charge < -0.3 is 15.1 Å². The van der Waals surface area contributed by atoms with Crippen LogP contribution in [0.1, 0.15) is 43.5 Å². The van der Waals surface area contributed by atoms with E-state index in [0.717, 1.165) is 45.3 Å². The Morgan fingerprint density at radius 1 is 1.23 bits per heavy atom. The highest BCUT2D eigenvalue weighted by atomic mass is 32.1. The van der Waals surface area contributed by atoms with Gasteiger partial charge in [0.15, 0.2) is 0 Å². The highest BCUT2D eigenvalue weighted by Crippen LogP contribution is 2.34. The van der Waals surface area contributed by atoms with E-state index in [4.69, 9.17) is 0 Å². The second-order valence-electron chi connectivity index (χ2n) is 6.10. The van der Waals surface area contributed by atoms with E-state index < -0.39 is 0 Å². The number of carbonyl (C=O) groups excluding carboxylic acids is 2. The van der Waals surface area contributed by atoms with Gasteiger partial charge in [0.1, 0.15) is 0 Å². The number of urea groups is 1. The highest BCUT2D eigenvalue weighted by molar-refractivity contribution is 7.10. The Kier molecular flexibility index (Phi) is 4.66. The zero-order chi connectivity index (χ0) is 15.5. The molecule has 0 bridgehead atoms. The van der Waals surface area contributed by atoms with E-state index in [1.54, 1.807) is 18.3 Å². The van der Waals surface area contributed by atoms with Crippen molar-refractivity contribution in [1.29, 1.82) is 0 Å². The normalized spacial score (nSPS) is 22.9. The minimum Gasteiger partial charge on any atom is -0.343 e. The Morgan fingerprint density at radius 3 is 2.64 bits per heavy atom. The number of piperidine rings is 1. The maximum Gasteiger partial charge on any atom is 0.318 e. The smallest absolute Gasteiger partial charge is 0.318 e. The topological polar surface area (TPSA) is 52.7 Å². The van der Waals surface area contributed by atoms with Crippen molar-refractivity contribution >= 4 is 23.3 Å². The predicted molar refractivity (Wildman–Crippen MR) is 86.8 cm³/mol. The van der Waals surface area contributed by atoms with Crippen molar-refractivity contribution < 1.29 is 9.59 Å². The molecular weight excluding hydrogens is 298 g/mol. The molecule has 5 nitrogen and oxygen atoms in total. The summed E-state index contributed by atoms with van der Waals surface area (Å²) in [5.74, 6) is 0.127. The fraction of sp³-hybridized carbons (Fsp3) is 0.625. The fourth-order valence-electron chi connectivity index (χ4n) is 3.38. The maximum atomic E-state index is 12.6. The van der Waals surface area contributed by atoms with Gasteiger partial charge in [-0.3, -0.25) is 4.79 Å². The molecule has 6 heteroatoms. The van der Waals surface area contributed by atoms with E-state index >= 15 is 0 Å². The first kappa shape index (κ1) is 15.3. The predicted octanol–water partition coefficient (Wildman–Crippen LogP) is 2.61. The number of likely N-dealkylation sites (tertiary alicyclic amines) is 2. The lowest BCUT2D eigenvalue weighted by atomic mass is 10.1. The molecule has 120 valence electrons. The van der Waals surface area contributed by atoms with Crippen molar-refractivity contribution in [3.05, 3.63) is 22.4 Å². The van der Waals surface area contributed by atoms with Crippen LogP contribution >= 0.6 is 11.3 Å². The van der Waals surface area contributed by atoms with Crippen LogP contribution in [0.4, 0.5) is 4.79 Å². The molecule has 0 aliphatic carbocycles. The van der Waals surface area contributed by atoms with Crippen molar-refractivity contribution in [3.63, 3.8) is 0 Å². The third kappa shape index (κ3) is 3.27. The summed E-state index contributed by atoms with van der Waals surface area (Å²) in [6.45, 7) is 3.93. The van der Waals surface area contributed by atoms with Crippen molar-refractivity contribution in [1.82, 2.24) is 15.1 Å². The summed E-state index contributed by atoms with van der Waals surface area (Å²) in [6, 6.07) is 4.64. The lowest BCUT2D eigenvalue weighted by molar-refractivity contribution is -0.129. The van der Waals surface area contributed by atoms with Crippen LogP contribution in [-0.2, 0) is 4.79 Å². The number of carbonyl (C=O) groups is 2. The van der Waals surface area contributed by atoms with E-state index in [2.05, 4.69) is 16.8 Å². The molecule has 1 aromatic heterocycles. The summed E-state index contributed by atoms with van der Waals surface area (Å²) in [4.78, 5) is 29.0. The van der Waals surface area contributed by atoms with Crippen LogP contribution < -0.4 is 5.32 Å².